The van der Waals surface area contributed by atoms with Gasteiger partial charge in [0.1, 0.15) is 0 Å². The van der Waals surface area contributed by atoms with Crippen molar-refractivity contribution < 1.29 is 28.9 Å². The summed E-state index contributed by atoms with van der Waals surface area (Å²) in [6, 6.07) is 0. The van der Waals surface area contributed by atoms with Gasteiger partial charge in [0.25, 0.3) is 0 Å². The molecule has 0 spiro atoms. The molecule has 1 amide bonds. The Morgan fingerprint density at radius 2 is 2.15 bits per heavy atom. The zero-order chi connectivity index (χ0) is 14.4. The van der Waals surface area contributed by atoms with E-state index in [4.69, 9.17) is 19.3 Å². The van der Waals surface area contributed by atoms with Crippen LogP contribution in [0.25, 0.3) is 0 Å². The molecule has 2 rings (SSSR count). The summed E-state index contributed by atoms with van der Waals surface area (Å²) in [6.07, 6.45) is 1.58. The van der Waals surface area contributed by atoms with Gasteiger partial charge in [-0.05, 0) is 12.8 Å². The molecule has 0 aromatic carbocycles. The van der Waals surface area contributed by atoms with Gasteiger partial charge in [0, 0.05) is 13.2 Å². The van der Waals surface area contributed by atoms with E-state index in [-0.39, 0.29) is 31.6 Å². The molecule has 0 aliphatic carbocycles. The Hall–Kier alpha value is -1.18. The van der Waals surface area contributed by atoms with Crippen molar-refractivity contribution in [2.45, 2.75) is 31.5 Å². The maximum absolute atomic E-state index is 11.9. The van der Waals surface area contributed by atoms with Gasteiger partial charge in [0.2, 0.25) is 5.91 Å². The SMILES string of the molecule is O=C(O)[C@H]1CN(C(=O)CCOC[C@H]2CCCO2)CCO1. The molecule has 2 fully saturated rings. The second-order valence-electron chi connectivity index (χ2n) is 5.00. The monoisotopic (exact) mass is 287 g/mol. The third kappa shape index (κ3) is 4.43. The summed E-state index contributed by atoms with van der Waals surface area (Å²) in [5, 5.41) is 8.87. The largest absolute Gasteiger partial charge is 0.479 e. The Morgan fingerprint density at radius 1 is 1.30 bits per heavy atom. The first-order valence-electron chi connectivity index (χ1n) is 6.98. The minimum atomic E-state index is -1.03. The first-order valence-corrected chi connectivity index (χ1v) is 6.98. The number of ether oxygens (including phenoxy) is 3. The van der Waals surface area contributed by atoms with Crippen molar-refractivity contribution in [2.24, 2.45) is 0 Å². The van der Waals surface area contributed by atoms with E-state index in [1.54, 1.807) is 0 Å². The summed E-state index contributed by atoms with van der Waals surface area (Å²) >= 11 is 0. The summed E-state index contributed by atoms with van der Waals surface area (Å²) in [6.45, 7) is 2.47. The second-order valence-corrected chi connectivity index (χ2v) is 5.00. The third-order valence-electron chi connectivity index (χ3n) is 3.48. The van der Waals surface area contributed by atoms with Crippen LogP contribution in [0.1, 0.15) is 19.3 Å². The van der Waals surface area contributed by atoms with E-state index in [1.165, 1.54) is 4.90 Å². The number of hydrogen-bond acceptors (Lipinski definition) is 5. The number of hydrogen-bond donors (Lipinski definition) is 1. The van der Waals surface area contributed by atoms with E-state index < -0.39 is 12.1 Å². The lowest BCUT2D eigenvalue weighted by Gasteiger charge is -2.30. The standard InChI is InChI=1S/C13H21NO6/c15-12(3-6-18-9-10-2-1-5-19-10)14-4-7-20-11(8-14)13(16)17/h10-11H,1-9H2,(H,16,17)/t10-,11-/m1/s1. The van der Waals surface area contributed by atoms with Gasteiger partial charge in [0.15, 0.2) is 6.10 Å². The van der Waals surface area contributed by atoms with Crippen LogP contribution < -0.4 is 0 Å². The van der Waals surface area contributed by atoms with Crippen LogP contribution >= 0.6 is 0 Å². The molecule has 0 aromatic heterocycles. The lowest BCUT2D eigenvalue weighted by molar-refractivity contribution is -0.159. The normalized spacial score (nSPS) is 26.7. The van der Waals surface area contributed by atoms with Crippen molar-refractivity contribution in [3.63, 3.8) is 0 Å². The van der Waals surface area contributed by atoms with Crippen molar-refractivity contribution >= 4 is 11.9 Å². The van der Waals surface area contributed by atoms with E-state index in [2.05, 4.69) is 0 Å². The number of carbonyl (C=O) groups excluding carboxylic acids is 1. The summed E-state index contributed by atoms with van der Waals surface area (Å²) in [7, 11) is 0. The zero-order valence-corrected chi connectivity index (χ0v) is 11.5. The lowest BCUT2D eigenvalue weighted by Crippen LogP contribution is -2.48. The number of aliphatic carboxylic acids is 1. The van der Waals surface area contributed by atoms with Crippen LogP contribution in [0.3, 0.4) is 0 Å². The molecule has 7 heteroatoms. The van der Waals surface area contributed by atoms with E-state index in [0.717, 1.165) is 19.4 Å². The molecule has 0 radical (unpaired) electrons. The number of nitrogens with zero attached hydrogens (tertiary/aromatic N) is 1. The molecule has 0 aromatic rings. The number of rotatable bonds is 6. The number of amides is 1. The molecule has 2 aliphatic rings. The lowest BCUT2D eigenvalue weighted by atomic mass is 10.2. The van der Waals surface area contributed by atoms with Gasteiger partial charge in [-0.1, -0.05) is 0 Å². The van der Waals surface area contributed by atoms with Crippen LogP contribution in [0.15, 0.2) is 0 Å². The second kappa shape index (κ2) is 7.56. The molecule has 0 saturated carbocycles. The first-order chi connectivity index (χ1) is 9.66. The Balaban J connectivity index is 1.62. The van der Waals surface area contributed by atoms with E-state index >= 15 is 0 Å². The Bertz CT molecular complexity index is 342. The summed E-state index contributed by atoms with van der Waals surface area (Å²) in [5.41, 5.74) is 0. The highest BCUT2D eigenvalue weighted by atomic mass is 16.5. The molecule has 20 heavy (non-hydrogen) atoms. The summed E-state index contributed by atoms with van der Waals surface area (Å²) in [4.78, 5) is 24.3. The fraction of sp³-hybridized carbons (Fsp3) is 0.846. The molecule has 1 N–H and O–H groups in total. The third-order valence-corrected chi connectivity index (χ3v) is 3.48. The van der Waals surface area contributed by atoms with Crippen molar-refractivity contribution in [1.29, 1.82) is 0 Å². The molecular weight excluding hydrogens is 266 g/mol. The quantitative estimate of drug-likeness (QED) is 0.686. The smallest absolute Gasteiger partial charge is 0.334 e. The minimum Gasteiger partial charge on any atom is -0.479 e. The van der Waals surface area contributed by atoms with Crippen LogP contribution in [0.2, 0.25) is 0 Å². The van der Waals surface area contributed by atoms with E-state index in [1.807, 2.05) is 0 Å². The van der Waals surface area contributed by atoms with Crippen molar-refractivity contribution in [2.75, 3.05) is 39.5 Å². The average molecular weight is 287 g/mol. The molecule has 2 heterocycles. The molecular formula is C13H21NO6. The number of carboxylic acids is 1. The first kappa shape index (κ1) is 15.2. The Labute approximate surface area is 117 Å². The number of carboxylic acid groups (broad SMARTS) is 1. The molecule has 7 nitrogen and oxygen atoms in total. The zero-order valence-electron chi connectivity index (χ0n) is 11.5. The van der Waals surface area contributed by atoms with Crippen molar-refractivity contribution in [3.05, 3.63) is 0 Å². The van der Waals surface area contributed by atoms with Gasteiger partial charge < -0.3 is 24.2 Å². The molecule has 2 saturated heterocycles. The predicted octanol–water partition coefficient (Wildman–Crippen LogP) is -0.116. The van der Waals surface area contributed by atoms with E-state index in [9.17, 15) is 9.59 Å². The molecule has 2 atom stereocenters. The predicted molar refractivity (Wildman–Crippen MR) is 68.4 cm³/mol. The van der Waals surface area contributed by atoms with Crippen LogP contribution in [-0.4, -0.2) is 73.6 Å². The van der Waals surface area contributed by atoms with Gasteiger partial charge in [-0.3, -0.25) is 4.79 Å². The van der Waals surface area contributed by atoms with Crippen molar-refractivity contribution in [1.82, 2.24) is 4.90 Å². The summed E-state index contributed by atoms with van der Waals surface area (Å²) < 4.78 is 15.9. The van der Waals surface area contributed by atoms with Gasteiger partial charge in [-0.15, -0.1) is 0 Å². The average Bonchev–Trinajstić information content (AvgIpc) is 2.96. The Kier molecular flexibility index (Phi) is 5.75. The van der Waals surface area contributed by atoms with Crippen LogP contribution in [0.5, 0.6) is 0 Å². The maximum atomic E-state index is 11.9. The fourth-order valence-corrected chi connectivity index (χ4v) is 2.33. The molecule has 0 bridgehead atoms. The maximum Gasteiger partial charge on any atom is 0.334 e. The summed E-state index contributed by atoms with van der Waals surface area (Å²) in [5.74, 6) is -1.12. The van der Waals surface area contributed by atoms with Crippen LogP contribution in [0, 0.1) is 0 Å². The van der Waals surface area contributed by atoms with Gasteiger partial charge in [0.05, 0.1) is 38.9 Å². The number of morpholine rings is 1. The highest BCUT2D eigenvalue weighted by Gasteiger charge is 2.28. The molecule has 114 valence electrons. The highest BCUT2D eigenvalue weighted by Crippen LogP contribution is 2.12. The Morgan fingerprint density at radius 3 is 2.85 bits per heavy atom. The highest BCUT2D eigenvalue weighted by molar-refractivity contribution is 5.78. The van der Waals surface area contributed by atoms with E-state index in [0.29, 0.717) is 19.8 Å². The number of carbonyl (C=O) groups is 2. The molecule has 0 unspecified atom stereocenters. The fourth-order valence-electron chi connectivity index (χ4n) is 2.33. The van der Waals surface area contributed by atoms with Crippen LogP contribution in [0.4, 0.5) is 0 Å². The topological polar surface area (TPSA) is 85.3 Å². The van der Waals surface area contributed by atoms with Crippen LogP contribution in [-0.2, 0) is 23.8 Å². The van der Waals surface area contributed by atoms with Gasteiger partial charge in [-0.2, -0.15) is 0 Å². The van der Waals surface area contributed by atoms with Crippen molar-refractivity contribution in [3.8, 4) is 0 Å². The minimum absolute atomic E-state index is 0.0908. The van der Waals surface area contributed by atoms with Gasteiger partial charge >= 0.3 is 5.97 Å². The van der Waals surface area contributed by atoms with Gasteiger partial charge in [-0.25, -0.2) is 4.79 Å². The molecule has 2 aliphatic heterocycles.